The van der Waals surface area contributed by atoms with E-state index >= 15 is 0 Å². The number of halogens is 1. The zero-order valence-corrected chi connectivity index (χ0v) is 15.0. The quantitative estimate of drug-likeness (QED) is 0.748. The van der Waals surface area contributed by atoms with Crippen LogP contribution in [0.25, 0.3) is 0 Å². The fraction of sp³-hybridized carbons (Fsp3) is 0.316. The van der Waals surface area contributed by atoms with Crippen molar-refractivity contribution < 1.29 is 14.3 Å². The summed E-state index contributed by atoms with van der Waals surface area (Å²) in [5, 5.41) is 0. The Kier molecular flexibility index (Phi) is 4.19. The molecule has 3 rings (SSSR count). The third kappa shape index (κ3) is 2.45. The van der Waals surface area contributed by atoms with E-state index in [9.17, 15) is 4.79 Å². The molecule has 3 nitrogen and oxygen atoms in total. The summed E-state index contributed by atoms with van der Waals surface area (Å²) in [7, 11) is 3.11. The molecule has 0 aromatic heterocycles. The lowest BCUT2D eigenvalue weighted by Gasteiger charge is -2.16. The Morgan fingerprint density at radius 3 is 2.17 bits per heavy atom. The van der Waals surface area contributed by atoms with Crippen molar-refractivity contribution in [3.8, 4) is 5.75 Å². The minimum Gasteiger partial charge on any atom is -0.497 e. The normalized spacial score (nSPS) is 25.7. The van der Waals surface area contributed by atoms with Gasteiger partial charge in [0.2, 0.25) is 0 Å². The molecule has 23 heavy (non-hydrogen) atoms. The van der Waals surface area contributed by atoms with Crippen molar-refractivity contribution in [3.05, 3.63) is 64.1 Å². The van der Waals surface area contributed by atoms with Gasteiger partial charge in [-0.2, -0.15) is 0 Å². The summed E-state index contributed by atoms with van der Waals surface area (Å²) in [6, 6.07) is 15.9. The molecular formula is C19H19BrO3. The zero-order chi connectivity index (χ0) is 16.6. The van der Waals surface area contributed by atoms with E-state index < -0.39 is 5.41 Å². The maximum absolute atomic E-state index is 12.6. The molecule has 1 aliphatic carbocycles. The van der Waals surface area contributed by atoms with Crippen molar-refractivity contribution >= 4 is 21.9 Å². The van der Waals surface area contributed by atoms with E-state index in [1.807, 2.05) is 48.5 Å². The number of hydrogen-bond acceptors (Lipinski definition) is 3. The molecule has 0 saturated heterocycles. The highest BCUT2D eigenvalue weighted by Gasteiger charge is 2.69. The Morgan fingerprint density at radius 2 is 1.65 bits per heavy atom. The Hall–Kier alpha value is -1.81. The molecule has 1 aliphatic rings. The molecule has 0 heterocycles. The average molecular weight is 375 g/mol. The number of rotatable bonds is 4. The van der Waals surface area contributed by atoms with Crippen LogP contribution in [0, 0.1) is 5.92 Å². The maximum atomic E-state index is 12.6. The molecule has 0 amide bonds. The zero-order valence-electron chi connectivity index (χ0n) is 13.4. The molecule has 3 atom stereocenters. The van der Waals surface area contributed by atoms with E-state index in [0.717, 1.165) is 21.3 Å². The molecule has 2 aromatic rings. The van der Waals surface area contributed by atoms with Crippen molar-refractivity contribution in [1.29, 1.82) is 0 Å². The smallest absolute Gasteiger partial charge is 0.317 e. The fourth-order valence-electron chi connectivity index (χ4n) is 3.69. The number of methoxy groups -OCH3 is 2. The Bertz CT molecular complexity index is 708. The van der Waals surface area contributed by atoms with E-state index in [-0.39, 0.29) is 17.8 Å². The summed E-state index contributed by atoms with van der Waals surface area (Å²) in [5.41, 5.74) is 1.52. The van der Waals surface area contributed by atoms with Crippen LogP contribution in [0.4, 0.5) is 0 Å². The lowest BCUT2D eigenvalue weighted by molar-refractivity contribution is -0.144. The summed E-state index contributed by atoms with van der Waals surface area (Å²) in [6.45, 7) is 2.11. The molecule has 0 radical (unpaired) electrons. The molecule has 0 spiro atoms. The fourth-order valence-corrected chi connectivity index (χ4v) is 3.96. The van der Waals surface area contributed by atoms with Gasteiger partial charge in [0.1, 0.15) is 11.2 Å². The lowest BCUT2D eigenvalue weighted by Crippen LogP contribution is -2.25. The number of carbonyl (C=O) groups is 1. The highest BCUT2D eigenvalue weighted by molar-refractivity contribution is 9.10. The van der Waals surface area contributed by atoms with Crippen LogP contribution in [0.15, 0.2) is 53.0 Å². The first-order valence-electron chi connectivity index (χ1n) is 7.54. The first-order chi connectivity index (χ1) is 11.1. The van der Waals surface area contributed by atoms with Crippen LogP contribution >= 0.6 is 15.9 Å². The van der Waals surface area contributed by atoms with Crippen molar-refractivity contribution in [2.24, 2.45) is 5.92 Å². The van der Waals surface area contributed by atoms with Gasteiger partial charge in [0.25, 0.3) is 0 Å². The van der Waals surface area contributed by atoms with Crippen molar-refractivity contribution in [1.82, 2.24) is 0 Å². The average Bonchev–Trinajstić information content (AvgIpc) is 3.21. The highest BCUT2D eigenvalue weighted by Crippen LogP contribution is 2.66. The largest absolute Gasteiger partial charge is 0.497 e. The lowest BCUT2D eigenvalue weighted by atomic mass is 9.90. The second-order valence-corrected chi connectivity index (χ2v) is 6.82. The number of benzene rings is 2. The topological polar surface area (TPSA) is 35.5 Å². The molecule has 0 N–H and O–H groups in total. The van der Waals surface area contributed by atoms with Crippen LogP contribution in [0.1, 0.15) is 24.0 Å². The molecule has 1 fully saturated rings. The van der Waals surface area contributed by atoms with Crippen LogP contribution in [0.5, 0.6) is 5.75 Å². The monoisotopic (exact) mass is 374 g/mol. The highest BCUT2D eigenvalue weighted by atomic mass is 79.9. The second-order valence-electron chi connectivity index (χ2n) is 5.91. The number of esters is 1. The SMILES string of the molecule is COC(=O)[C@@]1(c2ccc(Br)cc2)[C@@H](C)[C@@H]1c1ccc(OC)cc1. The molecule has 120 valence electrons. The summed E-state index contributed by atoms with van der Waals surface area (Å²) in [6.07, 6.45) is 0. The van der Waals surface area contributed by atoms with Gasteiger partial charge < -0.3 is 9.47 Å². The first-order valence-corrected chi connectivity index (χ1v) is 8.33. The Balaban J connectivity index is 2.03. The predicted molar refractivity (Wildman–Crippen MR) is 92.7 cm³/mol. The van der Waals surface area contributed by atoms with Gasteiger partial charge in [0.05, 0.1) is 14.2 Å². The van der Waals surface area contributed by atoms with Gasteiger partial charge in [0.15, 0.2) is 0 Å². The second kappa shape index (κ2) is 6.00. The number of hydrogen-bond donors (Lipinski definition) is 0. The molecule has 0 unspecified atom stereocenters. The maximum Gasteiger partial charge on any atom is 0.317 e. The van der Waals surface area contributed by atoms with Crippen LogP contribution in [0.2, 0.25) is 0 Å². The van der Waals surface area contributed by atoms with E-state index in [0.29, 0.717) is 0 Å². The van der Waals surface area contributed by atoms with Gasteiger partial charge in [-0.15, -0.1) is 0 Å². The molecule has 4 heteroatoms. The Labute approximate surface area is 144 Å². The van der Waals surface area contributed by atoms with Crippen LogP contribution < -0.4 is 4.74 Å². The van der Waals surface area contributed by atoms with E-state index in [4.69, 9.17) is 9.47 Å². The van der Waals surface area contributed by atoms with Gasteiger partial charge in [-0.1, -0.05) is 47.1 Å². The molecule has 0 bridgehead atoms. The molecule has 2 aromatic carbocycles. The Morgan fingerprint density at radius 1 is 1.04 bits per heavy atom. The molecule has 0 aliphatic heterocycles. The van der Waals surface area contributed by atoms with E-state index in [2.05, 4.69) is 22.9 Å². The minimum atomic E-state index is -0.607. The third-order valence-electron chi connectivity index (χ3n) is 4.92. The van der Waals surface area contributed by atoms with Gasteiger partial charge in [-0.05, 0) is 41.3 Å². The first kappa shape index (κ1) is 16.1. The minimum absolute atomic E-state index is 0.113. The molecular weight excluding hydrogens is 356 g/mol. The van der Waals surface area contributed by atoms with Crippen LogP contribution in [-0.2, 0) is 14.9 Å². The van der Waals surface area contributed by atoms with Crippen molar-refractivity contribution in [3.63, 3.8) is 0 Å². The predicted octanol–water partition coefficient (Wildman–Crippen LogP) is 4.30. The van der Waals surface area contributed by atoms with E-state index in [1.54, 1.807) is 7.11 Å². The van der Waals surface area contributed by atoms with Gasteiger partial charge in [-0.25, -0.2) is 0 Å². The number of ether oxygens (including phenoxy) is 2. The summed E-state index contributed by atoms with van der Waals surface area (Å²) < 4.78 is 11.4. The van der Waals surface area contributed by atoms with Crippen LogP contribution in [0.3, 0.4) is 0 Å². The number of carbonyl (C=O) groups excluding carboxylic acids is 1. The standard InChI is InChI=1S/C19H19BrO3/c1-12-17(13-4-10-16(22-2)11-5-13)19(12,18(21)23-3)14-6-8-15(20)9-7-14/h4-12,17H,1-3H3/t12-,17+,19+/m0/s1. The van der Waals surface area contributed by atoms with Gasteiger partial charge in [0, 0.05) is 10.4 Å². The van der Waals surface area contributed by atoms with E-state index in [1.165, 1.54) is 7.11 Å². The van der Waals surface area contributed by atoms with Crippen molar-refractivity contribution in [2.45, 2.75) is 18.3 Å². The summed E-state index contributed by atoms with van der Waals surface area (Å²) in [5.74, 6) is 0.939. The summed E-state index contributed by atoms with van der Waals surface area (Å²) >= 11 is 3.45. The van der Waals surface area contributed by atoms with Gasteiger partial charge in [-0.3, -0.25) is 4.79 Å². The third-order valence-corrected chi connectivity index (χ3v) is 5.45. The van der Waals surface area contributed by atoms with Crippen molar-refractivity contribution in [2.75, 3.05) is 14.2 Å². The molecule has 1 saturated carbocycles. The summed E-state index contributed by atoms with van der Waals surface area (Å²) in [4.78, 5) is 12.6. The van der Waals surface area contributed by atoms with Crippen LogP contribution in [-0.4, -0.2) is 20.2 Å². The van der Waals surface area contributed by atoms with Gasteiger partial charge >= 0.3 is 5.97 Å².